The first-order chi connectivity index (χ1) is 6.57. The van der Waals surface area contributed by atoms with E-state index in [1.807, 2.05) is 0 Å². The number of rotatable bonds is 4. The third kappa shape index (κ3) is 2.58. The Morgan fingerprint density at radius 2 is 2.07 bits per heavy atom. The molecule has 5 heteroatoms. The summed E-state index contributed by atoms with van der Waals surface area (Å²) in [6.45, 7) is 8.15. The van der Waals surface area contributed by atoms with Gasteiger partial charge >= 0.3 is 0 Å². The van der Waals surface area contributed by atoms with Crippen LogP contribution in [0.5, 0.6) is 0 Å². The lowest BCUT2D eigenvalue weighted by Crippen LogP contribution is -2.17. The molecule has 0 aliphatic heterocycles. The summed E-state index contributed by atoms with van der Waals surface area (Å²) in [5.41, 5.74) is 0. The standard InChI is InChI=1S/C9H15Br2N3/c1-4-12-5-7-13-8(10)9(11)14(7)6(2)3/h6,12H,4-5H2,1-3H3. The second-order valence-electron chi connectivity index (χ2n) is 3.35. The van der Waals surface area contributed by atoms with Gasteiger partial charge in [0.25, 0.3) is 0 Å². The first kappa shape index (κ1) is 12.2. The number of hydrogen-bond donors (Lipinski definition) is 1. The van der Waals surface area contributed by atoms with Crippen molar-refractivity contribution >= 4 is 31.9 Å². The lowest BCUT2D eigenvalue weighted by Gasteiger charge is -2.12. The molecule has 1 aromatic rings. The van der Waals surface area contributed by atoms with Crippen molar-refractivity contribution < 1.29 is 0 Å². The van der Waals surface area contributed by atoms with Crippen molar-refractivity contribution in [1.29, 1.82) is 0 Å². The van der Waals surface area contributed by atoms with Gasteiger partial charge < -0.3 is 9.88 Å². The van der Waals surface area contributed by atoms with Crippen molar-refractivity contribution in [2.45, 2.75) is 33.4 Å². The predicted octanol–water partition coefficient (Wildman–Crippen LogP) is 3.10. The monoisotopic (exact) mass is 323 g/mol. The molecule has 3 nitrogen and oxygen atoms in total. The Bertz CT molecular complexity index is 307. The van der Waals surface area contributed by atoms with E-state index in [2.05, 4.69) is 67.5 Å². The molecular formula is C9H15Br2N3. The molecule has 0 fully saturated rings. The van der Waals surface area contributed by atoms with Crippen LogP contribution < -0.4 is 5.32 Å². The Morgan fingerprint density at radius 1 is 1.43 bits per heavy atom. The van der Waals surface area contributed by atoms with Crippen LogP contribution >= 0.6 is 31.9 Å². The van der Waals surface area contributed by atoms with Gasteiger partial charge in [-0.3, -0.25) is 0 Å². The fraction of sp³-hybridized carbons (Fsp3) is 0.667. The van der Waals surface area contributed by atoms with Gasteiger partial charge in [-0.15, -0.1) is 0 Å². The van der Waals surface area contributed by atoms with Crippen molar-refractivity contribution in [2.75, 3.05) is 6.54 Å². The summed E-state index contributed by atoms with van der Waals surface area (Å²) >= 11 is 6.94. The maximum absolute atomic E-state index is 4.44. The number of hydrogen-bond acceptors (Lipinski definition) is 2. The molecule has 0 aliphatic rings. The second-order valence-corrected chi connectivity index (χ2v) is 4.86. The van der Waals surface area contributed by atoms with E-state index in [4.69, 9.17) is 0 Å². The van der Waals surface area contributed by atoms with Crippen LogP contribution in [0.2, 0.25) is 0 Å². The van der Waals surface area contributed by atoms with E-state index in [0.717, 1.165) is 28.1 Å². The largest absolute Gasteiger partial charge is 0.318 e. The van der Waals surface area contributed by atoms with E-state index in [1.54, 1.807) is 0 Å². The molecule has 1 aromatic heterocycles. The molecule has 0 saturated heterocycles. The average Bonchev–Trinajstić information content (AvgIpc) is 2.39. The summed E-state index contributed by atoms with van der Waals surface area (Å²) < 4.78 is 4.06. The van der Waals surface area contributed by atoms with Crippen LogP contribution in [0.15, 0.2) is 9.21 Å². The molecular weight excluding hydrogens is 310 g/mol. The number of halogens is 2. The van der Waals surface area contributed by atoms with Crippen LogP contribution in [-0.4, -0.2) is 16.1 Å². The van der Waals surface area contributed by atoms with Crippen LogP contribution in [0.25, 0.3) is 0 Å². The molecule has 1 N–H and O–H groups in total. The van der Waals surface area contributed by atoms with E-state index in [0.29, 0.717) is 6.04 Å². The molecule has 0 atom stereocenters. The maximum atomic E-state index is 4.44. The lowest BCUT2D eigenvalue weighted by molar-refractivity contribution is 0.539. The Kier molecular flexibility index (Phi) is 4.60. The van der Waals surface area contributed by atoms with Crippen molar-refractivity contribution in [3.05, 3.63) is 15.0 Å². The molecule has 0 unspecified atom stereocenters. The third-order valence-corrected chi connectivity index (χ3v) is 3.78. The van der Waals surface area contributed by atoms with Gasteiger partial charge in [-0.2, -0.15) is 0 Å². The summed E-state index contributed by atoms with van der Waals surface area (Å²) in [5, 5.41) is 3.28. The van der Waals surface area contributed by atoms with E-state index < -0.39 is 0 Å². The van der Waals surface area contributed by atoms with E-state index >= 15 is 0 Å². The summed E-state index contributed by atoms with van der Waals surface area (Å²) in [5.74, 6) is 1.06. The molecule has 0 spiro atoms. The van der Waals surface area contributed by atoms with E-state index in [-0.39, 0.29) is 0 Å². The van der Waals surface area contributed by atoms with Crippen molar-refractivity contribution in [3.8, 4) is 0 Å². The zero-order valence-corrected chi connectivity index (χ0v) is 11.8. The Morgan fingerprint density at radius 3 is 2.57 bits per heavy atom. The van der Waals surface area contributed by atoms with Crippen molar-refractivity contribution in [1.82, 2.24) is 14.9 Å². The van der Waals surface area contributed by atoms with E-state index in [9.17, 15) is 0 Å². The zero-order chi connectivity index (χ0) is 10.7. The van der Waals surface area contributed by atoms with Gasteiger partial charge in [0.15, 0.2) is 0 Å². The van der Waals surface area contributed by atoms with Gasteiger partial charge in [0.1, 0.15) is 15.0 Å². The molecule has 14 heavy (non-hydrogen) atoms. The Balaban J connectivity index is 2.96. The van der Waals surface area contributed by atoms with Gasteiger partial charge in [0.05, 0.1) is 6.54 Å². The van der Waals surface area contributed by atoms with Gasteiger partial charge in [-0.05, 0) is 52.3 Å². The van der Waals surface area contributed by atoms with Gasteiger partial charge in [0, 0.05) is 6.04 Å². The fourth-order valence-electron chi connectivity index (χ4n) is 1.31. The molecule has 0 bridgehead atoms. The summed E-state index contributed by atoms with van der Waals surface area (Å²) in [6.07, 6.45) is 0. The lowest BCUT2D eigenvalue weighted by atomic mass is 10.4. The summed E-state index contributed by atoms with van der Waals surface area (Å²) in [7, 11) is 0. The molecule has 1 heterocycles. The average molecular weight is 325 g/mol. The zero-order valence-electron chi connectivity index (χ0n) is 8.64. The van der Waals surface area contributed by atoms with Gasteiger partial charge in [0.2, 0.25) is 0 Å². The van der Waals surface area contributed by atoms with E-state index in [1.165, 1.54) is 0 Å². The molecule has 0 amide bonds. The molecule has 0 aliphatic carbocycles. The second kappa shape index (κ2) is 5.28. The normalized spacial score (nSPS) is 11.3. The molecule has 0 saturated carbocycles. The minimum atomic E-state index is 0.414. The van der Waals surface area contributed by atoms with Crippen LogP contribution in [0, 0.1) is 0 Å². The molecule has 1 rings (SSSR count). The number of aromatic nitrogens is 2. The summed E-state index contributed by atoms with van der Waals surface area (Å²) in [4.78, 5) is 4.44. The first-order valence-corrected chi connectivity index (χ1v) is 6.29. The third-order valence-electron chi connectivity index (χ3n) is 1.94. The molecule has 80 valence electrons. The van der Waals surface area contributed by atoms with Crippen LogP contribution in [0.1, 0.15) is 32.6 Å². The van der Waals surface area contributed by atoms with Crippen LogP contribution in [-0.2, 0) is 6.54 Å². The number of nitrogens with one attached hydrogen (secondary N) is 1. The SMILES string of the molecule is CCNCc1nc(Br)c(Br)n1C(C)C. The van der Waals surface area contributed by atoms with Crippen LogP contribution in [0.3, 0.4) is 0 Å². The minimum Gasteiger partial charge on any atom is -0.318 e. The highest BCUT2D eigenvalue weighted by atomic mass is 79.9. The van der Waals surface area contributed by atoms with Crippen molar-refractivity contribution in [3.63, 3.8) is 0 Å². The van der Waals surface area contributed by atoms with Gasteiger partial charge in [-0.25, -0.2) is 4.98 Å². The van der Waals surface area contributed by atoms with Crippen molar-refractivity contribution in [2.24, 2.45) is 0 Å². The first-order valence-electron chi connectivity index (χ1n) is 4.70. The Labute approximate surface area is 102 Å². The smallest absolute Gasteiger partial charge is 0.139 e. The summed E-state index contributed by atoms with van der Waals surface area (Å²) in [6, 6.07) is 0.414. The Hall–Kier alpha value is 0.130. The topological polar surface area (TPSA) is 29.9 Å². The highest BCUT2D eigenvalue weighted by Gasteiger charge is 2.14. The van der Waals surface area contributed by atoms with Crippen LogP contribution in [0.4, 0.5) is 0 Å². The minimum absolute atomic E-state index is 0.414. The van der Waals surface area contributed by atoms with Gasteiger partial charge in [-0.1, -0.05) is 6.92 Å². The molecule has 0 radical (unpaired) electrons. The quantitative estimate of drug-likeness (QED) is 0.922. The molecule has 0 aromatic carbocycles. The fourth-order valence-corrected chi connectivity index (χ4v) is 2.41. The number of nitrogens with zero attached hydrogens (tertiary/aromatic N) is 2. The maximum Gasteiger partial charge on any atom is 0.139 e. The highest BCUT2D eigenvalue weighted by molar-refractivity contribution is 9.13. The highest BCUT2D eigenvalue weighted by Crippen LogP contribution is 2.27. The predicted molar refractivity (Wildman–Crippen MR) is 65.4 cm³/mol. The number of imidazole rings is 1.